The summed E-state index contributed by atoms with van der Waals surface area (Å²) >= 11 is 6.10. The van der Waals surface area contributed by atoms with Crippen molar-refractivity contribution in [2.75, 3.05) is 29.4 Å². The highest BCUT2D eigenvalue weighted by atomic mass is 35.5. The van der Waals surface area contributed by atoms with E-state index in [4.69, 9.17) is 11.6 Å². The number of halogens is 1. The van der Waals surface area contributed by atoms with Gasteiger partial charge in [-0.3, -0.25) is 4.79 Å². The van der Waals surface area contributed by atoms with Crippen LogP contribution in [0, 0.1) is 12.8 Å². The maximum Gasteiger partial charge on any atom is 0.230 e. The Morgan fingerprint density at radius 3 is 2.52 bits per heavy atom. The summed E-state index contributed by atoms with van der Waals surface area (Å²) < 4.78 is 0. The standard InChI is InChI=1S/C21H25ClN2O/c1-3-24(20-10-5-4-7-16(20)2)21(25)17-11-13-23(14-12-17)19-9-6-8-18(22)15-19/h4-10,15,17H,3,11-14H2,1-2H3. The van der Waals surface area contributed by atoms with Crippen LogP contribution in [0.4, 0.5) is 11.4 Å². The topological polar surface area (TPSA) is 23.6 Å². The van der Waals surface area contributed by atoms with Gasteiger partial charge in [0.05, 0.1) is 0 Å². The largest absolute Gasteiger partial charge is 0.371 e. The monoisotopic (exact) mass is 356 g/mol. The van der Waals surface area contributed by atoms with Crippen molar-refractivity contribution in [3.63, 3.8) is 0 Å². The molecular weight excluding hydrogens is 332 g/mol. The minimum atomic E-state index is 0.0926. The van der Waals surface area contributed by atoms with Crippen LogP contribution in [-0.2, 0) is 4.79 Å². The zero-order chi connectivity index (χ0) is 17.8. The number of carbonyl (C=O) groups excluding carboxylic acids is 1. The number of rotatable bonds is 4. The molecule has 0 radical (unpaired) electrons. The Bertz CT molecular complexity index is 738. The van der Waals surface area contributed by atoms with Gasteiger partial charge in [-0.05, 0) is 56.5 Å². The fraction of sp³-hybridized carbons (Fsp3) is 0.381. The summed E-state index contributed by atoms with van der Waals surface area (Å²) in [5, 5.41) is 0.757. The number of hydrogen-bond acceptors (Lipinski definition) is 2. The third-order valence-electron chi connectivity index (χ3n) is 5.01. The van der Waals surface area contributed by atoms with Crippen LogP contribution in [-0.4, -0.2) is 25.5 Å². The van der Waals surface area contributed by atoms with Crippen molar-refractivity contribution < 1.29 is 4.79 Å². The molecule has 0 aliphatic carbocycles. The molecule has 1 aliphatic rings. The average molecular weight is 357 g/mol. The molecule has 0 N–H and O–H groups in total. The minimum Gasteiger partial charge on any atom is -0.371 e. The fourth-order valence-corrected chi connectivity index (χ4v) is 3.77. The molecule has 2 aromatic rings. The van der Waals surface area contributed by atoms with Gasteiger partial charge in [0.2, 0.25) is 5.91 Å². The Morgan fingerprint density at radius 2 is 1.88 bits per heavy atom. The molecule has 25 heavy (non-hydrogen) atoms. The first-order valence-electron chi connectivity index (χ1n) is 8.97. The molecule has 3 nitrogen and oxygen atoms in total. The number of nitrogens with zero attached hydrogens (tertiary/aromatic N) is 2. The predicted molar refractivity (Wildman–Crippen MR) is 106 cm³/mol. The number of piperidine rings is 1. The van der Waals surface area contributed by atoms with Gasteiger partial charge in [0.15, 0.2) is 0 Å². The zero-order valence-electron chi connectivity index (χ0n) is 14.9. The number of benzene rings is 2. The first-order chi connectivity index (χ1) is 12.1. The fourth-order valence-electron chi connectivity index (χ4n) is 3.59. The molecule has 1 fully saturated rings. The number of amides is 1. The van der Waals surface area contributed by atoms with Crippen LogP contribution >= 0.6 is 11.6 Å². The number of hydrogen-bond donors (Lipinski definition) is 0. The van der Waals surface area contributed by atoms with Gasteiger partial charge in [-0.1, -0.05) is 35.9 Å². The van der Waals surface area contributed by atoms with E-state index in [2.05, 4.69) is 24.0 Å². The first-order valence-corrected chi connectivity index (χ1v) is 9.35. The minimum absolute atomic E-state index is 0.0926. The normalized spacial score (nSPS) is 15.2. The Hall–Kier alpha value is -2.00. The number of anilines is 2. The van der Waals surface area contributed by atoms with E-state index in [-0.39, 0.29) is 11.8 Å². The highest BCUT2D eigenvalue weighted by Gasteiger charge is 2.29. The van der Waals surface area contributed by atoms with Crippen LogP contribution in [0.3, 0.4) is 0 Å². The van der Waals surface area contributed by atoms with Gasteiger partial charge >= 0.3 is 0 Å². The molecule has 0 spiro atoms. The molecule has 1 amide bonds. The van der Waals surface area contributed by atoms with Gasteiger partial charge < -0.3 is 9.80 Å². The summed E-state index contributed by atoms with van der Waals surface area (Å²) in [6.07, 6.45) is 1.77. The number of para-hydroxylation sites is 1. The van der Waals surface area contributed by atoms with Gasteiger partial charge in [0.25, 0.3) is 0 Å². The molecule has 1 heterocycles. The lowest BCUT2D eigenvalue weighted by atomic mass is 9.94. The van der Waals surface area contributed by atoms with Crippen molar-refractivity contribution in [1.29, 1.82) is 0 Å². The zero-order valence-corrected chi connectivity index (χ0v) is 15.7. The SMILES string of the molecule is CCN(C(=O)C1CCN(c2cccc(Cl)c2)CC1)c1ccccc1C. The molecule has 0 saturated carbocycles. The van der Waals surface area contributed by atoms with E-state index >= 15 is 0 Å². The van der Waals surface area contributed by atoms with E-state index in [1.807, 2.05) is 48.2 Å². The van der Waals surface area contributed by atoms with E-state index in [0.29, 0.717) is 6.54 Å². The third kappa shape index (κ3) is 3.98. The molecular formula is C21H25ClN2O. The van der Waals surface area contributed by atoms with Gasteiger partial charge in [-0.15, -0.1) is 0 Å². The lowest BCUT2D eigenvalue weighted by Crippen LogP contribution is -2.43. The smallest absolute Gasteiger partial charge is 0.230 e. The molecule has 2 aromatic carbocycles. The highest BCUT2D eigenvalue weighted by Crippen LogP contribution is 2.28. The second-order valence-electron chi connectivity index (χ2n) is 6.61. The molecule has 4 heteroatoms. The van der Waals surface area contributed by atoms with Crippen molar-refractivity contribution in [3.8, 4) is 0 Å². The quantitative estimate of drug-likeness (QED) is 0.776. The van der Waals surface area contributed by atoms with Crippen molar-refractivity contribution in [1.82, 2.24) is 0 Å². The van der Waals surface area contributed by atoms with Crippen LogP contribution in [0.2, 0.25) is 5.02 Å². The van der Waals surface area contributed by atoms with Crippen LogP contribution < -0.4 is 9.80 Å². The lowest BCUT2D eigenvalue weighted by Gasteiger charge is -2.35. The molecule has 1 aliphatic heterocycles. The van der Waals surface area contributed by atoms with Gasteiger partial charge in [0.1, 0.15) is 0 Å². The average Bonchev–Trinajstić information content (AvgIpc) is 2.64. The molecule has 0 bridgehead atoms. The Morgan fingerprint density at radius 1 is 1.16 bits per heavy atom. The molecule has 0 aromatic heterocycles. The second-order valence-corrected chi connectivity index (χ2v) is 7.05. The van der Waals surface area contributed by atoms with Crippen molar-refractivity contribution >= 4 is 28.9 Å². The highest BCUT2D eigenvalue weighted by molar-refractivity contribution is 6.30. The predicted octanol–water partition coefficient (Wildman–Crippen LogP) is 4.92. The van der Waals surface area contributed by atoms with Crippen LogP contribution in [0.15, 0.2) is 48.5 Å². The summed E-state index contributed by atoms with van der Waals surface area (Å²) in [5.74, 6) is 0.345. The summed E-state index contributed by atoms with van der Waals surface area (Å²) in [5.41, 5.74) is 3.32. The second kappa shape index (κ2) is 7.92. The van der Waals surface area contributed by atoms with Gasteiger partial charge in [-0.25, -0.2) is 0 Å². The first kappa shape index (κ1) is 17.8. The maximum atomic E-state index is 13.1. The number of carbonyl (C=O) groups is 1. The van der Waals surface area contributed by atoms with E-state index in [1.54, 1.807) is 0 Å². The number of aryl methyl sites for hydroxylation is 1. The summed E-state index contributed by atoms with van der Waals surface area (Å²) in [4.78, 5) is 17.3. The van der Waals surface area contributed by atoms with Crippen molar-refractivity contribution in [2.45, 2.75) is 26.7 Å². The van der Waals surface area contributed by atoms with Crippen LogP contribution in [0.1, 0.15) is 25.3 Å². The lowest BCUT2D eigenvalue weighted by molar-refractivity contribution is -0.122. The van der Waals surface area contributed by atoms with Crippen molar-refractivity contribution in [3.05, 3.63) is 59.1 Å². The maximum absolute atomic E-state index is 13.1. The Labute approximate surface area is 155 Å². The Kier molecular flexibility index (Phi) is 5.64. The molecule has 1 saturated heterocycles. The van der Waals surface area contributed by atoms with E-state index < -0.39 is 0 Å². The van der Waals surface area contributed by atoms with E-state index in [9.17, 15) is 4.79 Å². The summed E-state index contributed by atoms with van der Waals surface area (Å²) in [6, 6.07) is 16.1. The third-order valence-corrected chi connectivity index (χ3v) is 5.24. The Balaban J connectivity index is 1.67. The summed E-state index contributed by atoms with van der Waals surface area (Å²) in [6.45, 7) is 6.60. The van der Waals surface area contributed by atoms with Gasteiger partial charge in [-0.2, -0.15) is 0 Å². The molecule has 0 atom stereocenters. The summed E-state index contributed by atoms with van der Waals surface area (Å²) in [7, 11) is 0. The van der Waals surface area contributed by atoms with Crippen LogP contribution in [0.5, 0.6) is 0 Å². The molecule has 3 rings (SSSR count). The van der Waals surface area contributed by atoms with E-state index in [1.165, 1.54) is 0 Å². The molecule has 132 valence electrons. The van der Waals surface area contributed by atoms with Crippen LogP contribution in [0.25, 0.3) is 0 Å². The molecule has 0 unspecified atom stereocenters. The van der Waals surface area contributed by atoms with E-state index in [0.717, 1.165) is 47.9 Å². The van der Waals surface area contributed by atoms with Crippen molar-refractivity contribution in [2.24, 2.45) is 5.92 Å². The van der Waals surface area contributed by atoms with Gasteiger partial charge in [0, 0.05) is 41.9 Å².